The molecule has 0 radical (unpaired) electrons. The van der Waals surface area contributed by atoms with Gasteiger partial charge in [0.25, 0.3) is 0 Å². The lowest BCUT2D eigenvalue weighted by Crippen LogP contribution is -2.23. The minimum absolute atomic E-state index is 0.0238. The number of aliphatic hydroxyl groups excluding tert-OH is 1. The Morgan fingerprint density at radius 3 is 2.60 bits per heavy atom. The van der Waals surface area contributed by atoms with E-state index in [1.165, 1.54) is 6.07 Å². The first-order chi connectivity index (χ1) is 7.07. The summed E-state index contributed by atoms with van der Waals surface area (Å²) in [6.07, 6.45) is 0.346. The van der Waals surface area contributed by atoms with Crippen molar-refractivity contribution in [1.82, 2.24) is 0 Å². The molecule has 0 saturated carbocycles. The van der Waals surface area contributed by atoms with Crippen molar-refractivity contribution in [3.05, 3.63) is 35.1 Å². The van der Waals surface area contributed by atoms with Crippen molar-refractivity contribution in [3.8, 4) is 0 Å². The van der Waals surface area contributed by atoms with Crippen molar-refractivity contribution < 1.29 is 9.50 Å². The van der Waals surface area contributed by atoms with Gasteiger partial charge in [-0.05, 0) is 36.5 Å². The number of benzene rings is 1. The van der Waals surface area contributed by atoms with Crippen molar-refractivity contribution in [2.24, 2.45) is 5.73 Å². The predicted octanol–water partition coefficient (Wildman–Crippen LogP) is 1.81. The maximum absolute atomic E-state index is 13.5. The summed E-state index contributed by atoms with van der Waals surface area (Å²) in [7, 11) is 0. The molecular weight excluding hydrogens is 193 g/mol. The van der Waals surface area contributed by atoms with Gasteiger partial charge in [0.15, 0.2) is 0 Å². The van der Waals surface area contributed by atoms with Crippen LogP contribution in [-0.4, -0.2) is 17.8 Å². The zero-order valence-electron chi connectivity index (χ0n) is 9.20. The summed E-state index contributed by atoms with van der Waals surface area (Å²) < 4.78 is 13.5. The predicted molar refractivity (Wildman–Crippen MR) is 59.3 cm³/mol. The van der Waals surface area contributed by atoms with Gasteiger partial charge >= 0.3 is 0 Å². The van der Waals surface area contributed by atoms with Crippen LogP contribution in [0.4, 0.5) is 4.39 Å². The maximum Gasteiger partial charge on any atom is 0.126 e. The molecule has 0 aliphatic carbocycles. The Hall–Kier alpha value is -0.930. The highest BCUT2D eigenvalue weighted by atomic mass is 19.1. The van der Waals surface area contributed by atoms with Crippen LogP contribution < -0.4 is 5.73 Å². The molecule has 0 aliphatic rings. The van der Waals surface area contributed by atoms with E-state index in [0.29, 0.717) is 12.0 Å². The van der Waals surface area contributed by atoms with E-state index in [4.69, 9.17) is 10.8 Å². The Morgan fingerprint density at radius 2 is 2.07 bits per heavy atom. The smallest absolute Gasteiger partial charge is 0.126 e. The SMILES string of the molecule is CC(c1cccc(F)c1CCO)[C@@H](C)N. The first-order valence-electron chi connectivity index (χ1n) is 5.21. The van der Waals surface area contributed by atoms with Crippen molar-refractivity contribution >= 4 is 0 Å². The summed E-state index contributed by atoms with van der Waals surface area (Å²) in [4.78, 5) is 0. The Bertz CT molecular complexity index is 325. The van der Waals surface area contributed by atoms with Gasteiger partial charge < -0.3 is 10.8 Å². The lowest BCUT2D eigenvalue weighted by atomic mass is 9.89. The fourth-order valence-corrected chi connectivity index (χ4v) is 1.66. The molecule has 0 heterocycles. The molecule has 0 spiro atoms. The molecule has 3 heteroatoms. The summed E-state index contributed by atoms with van der Waals surface area (Å²) >= 11 is 0. The second-order valence-corrected chi connectivity index (χ2v) is 3.93. The summed E-state index contributed by atoms with van der Waals surface area (Å²) in [6.45, 7) is 3.83. The zero-order valence-corrected chi connectivity index (χ0v) is 9.20. The van der Waals surface area contributed by atoms with Gasteiger partial charge in [0, 0.05) is 12.6 Å². The number of hydrogen-bond acceptors (Lipinski definition) is 2. The Kier molecular flexibility index (Phi) is 4.24. The molecule has 84 valence electrons. The van der Waals surface area contributed by atoms with Crippen LogP contribution in [0.5, 0.6) is 0 Å². The summed E-state index contributed by atoms with van der Waals surface area (Å²) in [5, 5.41) is 8.89. The van der Waals surface area contributed by atoms with Crippen LogP contribution in [0.3, 0.4) is 0 Å². The van der Waals surface area contributed by atoms with Crippen LogP contribution >= 0.6 is 0 Å². The van der Waals surface area contributed by atoms with E-state index in [1.807, 2.05) is 19.9 Å². The third-order valence-electron chi connectivity index (χ3n) is 2.80. The van der Waals surface area contributed by atoms with E-state index >= 15 is 0 Å². The molecular formula is C12H18FNO. The zero-order chi connectivity index (χ0) is 11.4. The summed E-state index contributed by atoms with van der Waals surface area (Å²) in [5.74, 6) is -0.156. The quantitative estimate of drug-likeness (QED) is 0.798. The average Bonchev–Trinajstić information content (AvgIpc) is 2.20. The van der Waals surface area contributed by atoms with Crippen LogP contribution in [-0.2, 0) is 6.42 Å². The molecule has 1 rings (SSSR count). The Morgan fingerprint density at radius 1 is 1.40 bits per heavy atom. The van der Waals surface area contributed by atoms with Gasteiger partial charge in [-0.1, -0.05) is 19.1 Å². The molecule has 1 unspecified atom stereocenters. The molecule has 15 heavy (non-hydrogen) atoms. The van der Waals surface area contributed by atoms with E-state index in [2.05, 4.69) is 0 Å². The van der Waals surface area contributed by atoms with Crippen molar-refractivity contribution in [3.63, 3.8) is 0 Å². The van der Waals surface area contributed by atoms with Crippen molar-refractivity contribution in [1.29, 1.82) is 0 Å². The lowest BCUT2D eigenvalue weighted by Gasteiger charge is -2.19. The topological polar surface area (TPSA) is 46.2 Å². The normalized spacial score (nSPS) is 15.0. The third-order valence-corrected chi connectivity index (χ3v) is 2.80. The molecule has 0 amide bonds. The minimum atomic E-state index is -0.256. The first-order valence-corrected chi connectivity index (χ1v) is 5.21. The van der Waals surface area contributed by atoms with Crippen molar-refractivity contribution in [2.75, 3.05) is 6.61 Å². The number of rotatable bonds is 4. The van der Waals surface area contributed by atoms with Crippen molar-refractivity contribution in [2.45, 2.75) is 32.2 Å². The highest BCUT2D eigenvalue weighted by molar-refractivity contribution is 5.32. The van der Waals surface area contributed by atoms with E-state index in [-0.39, 0.29) is 24.4 Å². The fraction of sp³-hybridized carbons (Fsp3) is 0.500. The molecule has 0 aliphatic heterocycles. The molecule has 2 nitrogen and oxygen atoms in total. The van der Waals surface area contributed by atoms with Gasteiger partial charge in [-0.3, -0.25) is 0 Å². The van der Waals surface area contributed by atoms with Gasteiger partial charge in [-0.2, -0.15) is 0 Å². The highest BCUT2D eigenvalue weighted by Gasteiger charge is 2.16. The largest absolute Gasteiger partial charge is 0.396 e. The van der Waals surface area contributed by atoms with E-state index < -0.39 is 0 Å². The molecule has 1 aromatic carbocycles. The molecule has 1 aromatic rings. The molecule has 0 bridgehead atoms. The Balaban J connectivity index is 3.10. The minimum Gasteiger partial charge on any atom is -0.396 e. The van der Waals surface area contributed by atoms with E-state index in [0.717, 1.165) is 5.56 Å². The average molecular weight is 211 g/mol. The fourth-order valence-electron chi connectivity index (χ4n) is 1.66. The number of hydrogen-bond donors (Lipinski definition) is 2. The lowest BCUT2D eigenvalue weighted by molar-refractivity contribution is 0.297. The van der Waals surface area contributed by atoms with Gasteiger partial charge in [-0.25, -0.2) is 4.39 Å². The molecule has 3 N–H and O–H groups in total. The van der Waals surface area contributed by atoms with Gasteiger partial charge in [-0.15, -0.1) is 0 Å². The van der Waals surface area contributed by atoms with Crippen LogP contribution in [0.2, 0.25) is 0 Å². The number of aliphatic hydroxyl groups is 1. The second-order valence-electron chi connectivity index (χ2n) is 3.93. The van der Waals surface area contributed by atoms with E-state index in [1.54, 1.807) is 6.07 Å². The van der Waals surface area contributed by atoms with Gasteiger partial charge in [0.1, 0.15) is 5.82 Å². The summed E-state index contributed by atoms with van der Waals surface area (Å²) in [5.41, 5.74) is 7.29. The number of nitrogens with two attached hydrogens (primary N) is 1. The maximum atomic E-state index is 13.5. The summed E-state index contributed by atoms with van der Waals surface area (Å²) in [6, 6.07) is 4.96. The molecule has 0 saturated heterocycles. The molecule has 2 atom stereocenters. The number of halogens is 1. The van der Waals surface area contributed by atoms with E-state index in [9.17, 15) is 4.39 Å². The van der Waals surface area contributed by atoms with Crippen LogP contribution in [0, 0.1) is 5.82 Å². The third kappa shape index (κ3) is 2.76. The second kappa shape index (κ2) is 5.24. The first kappa shape index (κ1) is 12.1. The highest BCUT2D eigenvalue weighted by Crippen LogP contribution is 2.24. The van der Waals surface area contributed by atoms with Crippen LogP contribution in [0.25, 0.3) is 0 Å². The van der Waals surface area contributed by atoms with Gasteiger partial charge in [0.2, 0.25) is 0 Å². The molecule has 0 aromatic heterocycles. The van der Waals surface area contributed by atoms with Crippen LogP contribution in [0.1, 0.15) is 30.9 Å². The Labute approximate surface area is 89.9 Å². The van der Waals surface area contributed by atoms with Gasteiger partial charge in [0.05, 0.1) is 0 Å². The standard InChI is InChI=1S/C12H18FNO/c1-8(9(2)14)10-4-3-5-12(13)11(10)6-7-15/h3-5,8-9,15H,6-7,14H2,1-2H3/t8?,9-/m1/s1. The monoisotopic (exact) mass is 211 g/mol. The molecule has 0 fully saturated rings. The van der Waals surface area contributed by atoms with Crippen LogP contribution in [0.15, 0.2) is 18.2 Å².